The highest BCUT2D eigenvalue weighted by molar-refractivity contribution is 5.79. The summed E-state index contributed by atoms with van der Waals surface area (Å²) >= 11 is 0. The molecule has 0 aromatic rings. The molecule has 0 bridgehead atoms. The average molecular weight is 180 g/mol. The van der Waals surface area contributed by atoms with E-state index in [1.165, 1.54) is 6.42 Å². The second kappa shape index (κ2) is 4.43. The summed E-state index contributed by atoms with van der Waals surface area (Å²) in [6.45, 7) is 0. The van der Waals surface area contributed by atoms with Crippen LogP contribution in [0.2, 0.25) is 0 Å². The molecule has 72 valence electrons. The Bertz CT molecular complexity index is 215. The number of carbonyl (C=O) groups is 1. The Morgan fingerprint density at radius 3 is 2.69 bits per heavy atom. The maximum Gasteiger partial charge on any atom is 0.136 e. The van der Waals surface area contributed by atoms with Crippen LogP contribution in [0, 0.1) is 12.3 Å². The molecule has 0 amide bonds. The molecule has 0 N–H and O–H groups in total. The summed E-state index contributed by atoms with van der Waals surface area (Å²) in [6.07, 6.45) is 9.90. The predicted octanol–water partition coefficient (Wildman–Crippen LogP) is 1.93. The molecule has 1 saturated carbocycles. The highest BCUT2D eigenvalue weighted by atomic mass is 16.5. The lowest BCUT2D eigenvalue weighted by Crippen LogP contribution is -2.41. The predicted molar refractivity (Wildman–Crippen MR) is 51.3 cm³/mol. The van der Waals surface area contributed by atoms with E-state index in [1.807, 2.05) is 0 Å². The van der Waals surface area contributed by atoms with E-state index in [2.05, 4.69) is 5.92 Å². The summed E-state index contributed by atoms with van der Waals surface area (Å²) < 4.78 is 5.35. The van der Waals surface area contributed by atoms with Crippen molar-refractivity contribution in [2.45, 2.75) is 44.1 Å². The Morgan fingerprint density at radius 2 is 2.31 bits per heavy atom. The fourth-order valence-corrected chi connectivity index (χ4v) is 1.68. The van der Waals surface area contributed by atoms with Crippen molar-refractivity contribution >= 4 is 5.78 Å². The minimum Gasteiger partial charge on any atom is -0.378 e. The van der Waals surface area contributed by atoms with E-state index in [1.54, 1.807) is 7.11 Å². The first-order valence-corrected chi connectivity index (χ1v) is 4.73. The van der Waals surface area contributed by atoms with Crippen LogP contribution in [0.5, 0.6) is 0 Å². The summed E-state index contributed by atoms with van der Waals surface area (Å²) in [5.74, 6) is 2.71. The van der Waals surface area contributed by atoms with Crippen molar-refractivity contribution in [1.82, 2.24) is 0 Å². The smallest absolute Gasteiger partial charge is 0.136 e. The zero-order chi connectivity index (χ0) is 9.73. The maximum atomic E-state index is 11.4. The van der Waals surface area contributed by atoms with E-state index in [4.69, 9.17) is 11.2 Å². The number of hydrogen-bond donors (Lipinski definition) is 0. The third kappa shape index (κ3) is 2.57. The molecule has 0 spiro atoms. The standard InChI is InChI=1S/C11H16O2/c1-3-4-6-10(12)9-11(13-2)7-5-8-11/h1H,4-9H2,2H3. The molecule has 2 heteroatoms. The number of terminal acetylenes is 1. The van der Waals surface area contributed by atoms with Gasteiger partial charge in [-0.05, 0) is 19.3 Å². The zero-order valence-electron chi connectivity index (χ0n) is 8.14. The molecular weight excluding hydrogens is 164 g/mol. The number of rotatable bonds is 5. The second-order valence-corrected chi connectivity index (χ2v) is 3.66. The largest absolute Gasteiger partial charge is 0.378 e. The molecule has 0 aliphatic heterocycles. The molecule has 0 unspecified atom stereocenters. The fourth-order valence-electron chi connectivity index (χ4n) is 1.68. The van der Waals surface area contributed by atoms with Crippen molar-refractivity contribution in [2.75, 3.05) is 7.11 Å². The monoisotopic (exact) mass is 180 g/mol. The molecule has 13 heavy (non-hydrogen) atoms. The lowest BCUT2D eigenvalue weighted by Gasteiger charge is -2.40. The van der Waals surface area contributed by atoms with Crippen LogP contribution < -0.4 is 0 Å². The van der Waals surface area contributed by atoms with E-state index in [0.717, 1.165) is 12.8 Å². The van der Waals surface area contributed by atoms with Gasteiger partial charge in [-0.2, -0.15) is 0 Å². The van der Waals surface area contributed by atoms with Gasteiger partial charge in [-0.15, -0.1) is 12.3 Å². The molecule has 1 fully saturated rings. The topological polar surface area (TPSA) is 26.3 Å². The lowest BCUT2D eigenvalue weighted by molar-refractivity contribution is -0.132. The zero-order valence-corrected chi connectivity index (χ0v) is 8.14. The molecule has 0 aromatic carbocycles. The molecule has 0 aromatic heterocycles. The van der Waals surface area contributed by atoms with Gasteiger partial charge in [0, 0.05) is 26.4 Å². The molecule has 0 saturated heterocycles. The minimum absolute atomic E-state index is 0.133. The van der Waals surface area contributed by atoms with E-state index in [0.29, 0.717) is 19.3 Å². The number of methoxy groups -OCH3 is 1. The van der Waals surface area contributed by atoms with Gasteiger partial charge < -0.3 is 4.74 Å². The normalized spacial score (nSPS) is 18.8. The third-order valence-electron chi connectivity index (χ3n) is 2.77. The highest BCUT2D eigenvalue weighted by Crippen LogP contribution is 2.38. The van der Waals surface area contributed by atoms with Gasteiger partial charge in [0.1, 0.15) is 5.78 Å². The highest BCUT2D eigenvalue weighted by Gasteiger charge is 2.38. The Hall–Kier alpha value is -0.810. The first kappa shape index (κ1) is 10.3. The van der Waals surface area contributed by atoms with E-state index >= 15 is 0 Å². The van der Waals surface area contributed by atoms with Crippen molar-refractivity contribution in [2.24, 2.45) is 0 Å². The molecule has 0 radical (unpaired) electrons. The van der Waals surface area contributed by atoms with Crippen molar-refractivity contribution in [3.8, 4) is 12.3 Å². The Balaban J connectivity index is 2.30. The van der Waals surface area contributed by atoms with Gasteiger partial charge in [0.25, 0.3) is 0 Å². The SMILES string of the molecule is C#CCCC(=O)CC1(OC)CCC1. The van der Waals surface area contributed by atoms with Crippen molar-refractivity contribution < 1.29 is 9.53 Å². The molecular formula is C11H16O2. The fraction of sp³-hybridized carbons (Fsp3) is 0.727. The quantitative estimate of drug-likeness (QED) is 0.604. The van der Waals surface area contributed by atoms with Gasteiger partial charge in [0.05, 0.1) is 5.60 Å². The Labute approximate surface area is 79.7 Å². The summed E-state index contributed by atoms with van der Waals surface area (Å²) in [5, 5.41) is 0. The van der Waals surface area contributed by atoms with E-state index < -0.39 is 0 Å². The van der Waals surface area contributed by atoms with Crippen molar-refractivity contribution in [1.29, 1.82) is 0 Å². The van der Waals surface area contributed by atoms with Crippen LogP contribution in [0.15, 0.2) is 0 Å². The third-order valence-corrected chi connectivity index (χ3v) is 2.77. The van der Waals surface area contributed by atoms with E-state index in [9.17, 15) is 4.79 Å². The summed E-state index contributed by atoms with van der Waals surface area (Å²) in [6, 6.07) is 0. The van der Waals surface area contributed by atoms with Crippen molar-refractivity contribution in [3.05, 3.63) is 0 Å². The molecule has 1 aliphatic carbocycles. The number of ether oxygens (including phenoxy) is 1. The lowest BCUT2D eigenvalue weighted by atomic mass is 9.76. The van der Waals surface area contributed by atoms with Crippen molar-refractivity contribution in [3.63, 3.8) is 0 Å². The summed E-state index contributed by atoms with van der Waals surface area (Å²) in [7, 11) is 1.69. The number of ketones is 1. The van der Waals surface area contributed by atoms with Gasteiger partial charge in [0.2, 0.25) is 0 Å². The number of hydrogen-bond acceptors (Lipinski definition) is 2. The van der Waals surface area contributed by atoms with Gasteiger partial charge in [0.15, 0.2) is 0 Å². The number of carbonyl (C=O) groups excluding carboxylic acids is 1. The second-order valence-electron chi connectivity index (χ2n) is 3.66. The average Bonchev–Trinajstić information content (AvgIpc) is 2.08. The Kier molecular flexibility index (Phi) is 3.50. The van der Waals surface area contributed by atoms with Crippen LogP contribution >= 0.6 is 0 Å². The molecule has 2 nitrogen and oxygen atoms in total. The van der Waals surface area contributed by atoms with Crippen LogP contribution in [0.25, 0.3) is 0 Å². The van der Waals surface area contributed by atoms with Crippen LogP contribution in [0.1, 0.15) is 38.5 Å². The summed E-state index contributed by atoms with van der Waals surface area (Å²) in [5.41, 5.74) is -0.133. The maximum absolute atomic E-state index is 11.4. The molecule has 1 aliphatic rings. The van der Waals surface area contributed by atoms with Gasteiger partial charge in [-0.1, -0.05) is 0 Å². The van der Waals surface area contributed by atoms with Gasteiger partial charge >= 0.3 is 0 Å². The van der Waals surface area contributed by atoms with Crippen LogP contribution in [-0.2, 0) is 9.53 Å². The van der Waals surface area contributed by atoms with E-state index in [-0.39, 0.29) is 11.4 Å². The van der Waals surface area contributed by atoms with Crippen LogP contribution in [0.4, 0.5) is 0 Å². The molecule has 1 rings (SSSR count). The summed E-state index contributed by atoms with van der Waals surface area (Å²) in [4.78, 5) is 11.4. The molecule has 0 heterocycles. The van der Waals surface area contributed by atoms with Gasteiger partial charge in [-0.25, -0.2) is 0 Å². The first-order valence-electron chi connectivity index (χ1n) is 4.73. The number of Topliss-reactive ketones (excluding diaryl/α,β-unsaturated/α-hetero) is 1. The first-order chi connectivity index (χ1) is 6.22. The van der Waals surface area contributed by atoms with Crippen LogP contribution in [-0.4, -0.2) is 18.5 Å². The molecule has 0 atom stereocenters. The van der Waals surface area contributed by atoms with Gasteiger partial charge in [-0.3, -0.25) is 4.79 Å². The van der Waals surface area contributed by atoms with Crippen LogP contribution in [0.3, 0.4) is 0 Å². The minimum atomic E-state index is -0.133. The Morgan fingerprint density at radius 1 is 1.62 bits per heavy atom.